The highest BCUT2D eigenvalue weighted by atomic mass is 32.1. The first-order valence-electron chi connectivity index (χ1n) is 8.49. The van der Waals surface area contributed by atoms with Gasteiger partial charge < -0.3 is 14.6 Å². The maximum absolute atomic E-state index is 9.67. The first-order valence-corrected chi connectivity index (χ1v) is 9.30. The summed E-state index contributed by atoms with van der Waals surface area (Å²) in [5.74, 6) is 0. The summed E-state index contributed by atoms with van der Waals surface area (Å²) in [6.45, 7) is 0.896. The molecule has 0 spiro atoms. The van der Waals surface area contributed by atoms with E-state index in [1.54, 1.807) is 31.8 Å². The van der Waals surface area contributed by atoms with Gasteiger partial charge in [-0.2, -0.15) is 0 Å². The molecule has 27 heavy (non-hydrogen) atoms. The number of ether oxygens (including phenoxy) is 2. The van der Waals surface area contributed by atoms with Crippen LogP contribution in [0.5, 0.6) is 0 Å². The van der Waals surface area contributed by atoms with Crippen LogP contribution in [0.3, 0.4) is 0 Å². The summed E-state index contributed by atoms with van der Waals surface area (Å²) >= 11 is 1.60. The minimum Gasteiger partial charge on any atom is -0.392 e. The topological polar surface area (TPSA) is 77.4 Å². The third-order valence-corrected chi connectivity index (χ3v) is 5.28. The quantitative estimate of drug-likeness (QED) is 0.549. The van der Waals surface area contributed by atoms with E-state index in [4.69, 9.17) is 14.5 Å². The Kier molecular flexibility index (Phi) is 5.09. The van der Waals surface area contributed by atoms with Gasteiger partial charge in [-0.25, -0.2) is 9.97 Å². The Bertz CT molecular complexity index is 1110. The van der Waals surface area contributed by atoms with Crippen LogP contribution in [-0.2, 0) is 29.3 Å². The smallest absolute Gasteiger partial charge is 0.126 e. The molecule has 7 heteroatoms. The number of hydrogen-bond donors (Lipinski definition) is 1. The van der Waals surface area contributed by atoms with Gasteiger partial charge in [0.25, 0.3) is 0 Å². The third kappa shape index (κ3) is 3.54. The summed E-state index contributed by atoms with van der Waals surface area (Å²) in [5.41, 5.74) is 5.94. The van der Waals surface area contributed by atoms with Gasteiger partial charge >= 0.3 is 0 Å². The van der Waals surface area contributed by atoms with Gasteiger partial charge in [-0.3, -0.25) is 4.98 Å². The molecule has 4 rings (SSSR count). The Balaban J connectivity index is 1.87. The van der Waals surface area contributed by atoms with Crippen LogP contribution >= 0.6 is 11.3 Å². The fraction of sp³-hybridized carbons (Fsp3) is 0.250. The molecule has 0 aliphatic rings. The van der Waals surface area contributed by atoms with E-state index < -0.39 is 0 Å². The third-order valence-electron chi connectivity index (χ3n) is 4.23. The highest BCUT2D eigenvalue weighted by Gasteiger charge is 2.14. The second-order valence-corrected chi connectivity index (χ2v) is 7.25. The van der Waals surface area contributed by atoms with Crippen molar-refractivity contribution in [3.63, 3.8) is 0 Å². The average molecular weight is 381 g/mol. The van der Waals surface area contributed by atoms with Gasteiger partial charge in [-0.15, -0.1) is 11.3 Å². The van der Waals surface area contributed by atoms with Crippen LogP contribution in [0.2, 0.25) is 0 Å². The molecule has 6 nitrogen and oxygen atoms in total. The molecule has 2 aromatic carbocycles. The molecule has 0 radical (unpaired) electrons. The van der Waals surface area contributed by atoms with Crippen molar-refractivity contribution in [2.75, 3.05) is 14.2 Å². The molecular formula is C20H19N3O3S. The van der Waals surface area contributed by atoms with Gasteiger partial charge in [0.05, 0.1) is 53.0 Å². The van der Waals surface area contributed by atoms with Crippen molar-refractivity contribution in [3.8, 4) is 10.6 Å². The zero-order chi connectivity index (χ0) is 18.8. The number of rotatable bonds is 6. The van der Waals surface area contributed by atoms with Crippen molar-refractivity contribution >= 4 is 32.6 Å². The first kappa shape index (κ1) is 17.9. The number of aliphatic hydroxyl groups is 1. The van der Waals surface area contributed by atoms with E-state index in [1.165, 1.54) is 0 Å². The van der Waals surface area contributed by atoms with E-state index in [0.717, 1.165) is 48.6 Å². The molecule has 0 amide bonds. The van der Waals surface area contributed by atoms with Crippen molar-refractivity contribution in [1.82, 2.24) is 15.0 Å². The second kappa shape index (κ2) is 7.66. The highest BCUT2D eigenvalue weighted by molar-refractivity contribution is 7.21. The Morgan fingerprint density at radius 1 is 0.963 bits per heavy atom. The van der Waals surface area contributed by atoms with Crippen LogP contribution in [-0.4, -0.2) is 34.3 Å². The summed E-state index contributed by atoms with van der Waals surface area (Å²) in [7, 11) is 3.31. The van der Waals surface area contributed by atoms with E-state index in [2.05, 4.69) is 16.0 Å². The van der Waals surface area contributed by atoms with E-state index in [9.17, 15) is 5.11 Å². The molecule has 2 aromatic heterocycles. The lowest BCUT2D eigenvalue weighted by Crippen LogP contribution is -1.97. The molecule has 0 fully saturated rings. The molecule has 0 aliphatic heterocycles. The van der Waals surface area contributed by atoms with Crippen LogP contribution in [0, 0.1) is 0 Å². The molecule has 0 bridgehead atoms. The van der Waals surface area contributed by atoms with Crippen LogP contribution in [0.1, 0.15) is 16.8 Å². The fourth-order valence-corrected chi connectivity index (χ4v) is 4.08. The lowest BCUT2D eigenvalue weighted by molar-refractivity contribution is 0.181. The number of hydrogen-bond acceptors (Lipinski definition) is 7. The van der Waals surface area contributed by atoms with Crippen LogP contribution in [0.15, 0.2) is 36.5 Å². The lowest BCUT2D eigenvalue weighted by atomic mass is 10.1. The molecule has 1 N–H and O–H groups in total. The number of benzene rings is 2. The van der Waals surface area contributed by atoms with Crippen molar-refractivity contribution in [3.05, 3.63) is 53.3 Å². The maximum Gasteiger partial charge on any atom is 0.126 e. The normalized spacial score (nSPS) is 11.5. The van der Waals surface area contributed by atoms with Gasteiger partial charge in [0.15, 0.2) is 0 Å². The average Bonchev–Trinajstić information content (AvgIpc) is 3.10. The van der Waals surface area contributed by atoms with Gasteiger partial charge in [0.1, 0.15) is 5.01 Å². The van der Waals surface area contributed by atoms with Crippen LogP contribution in [0.4, 0.5) is 0 Å². The standard InChI is InChI=1S/C20H19N3O3S/c1-25-10-12-3-4-16-18(7-12)27-20(23-16)15-5-13(9-24)6-17-19(15)21-8-14(22-17)11-26-2/h3-8,24H,9-11H2,1-2H3. The predicted molar refractivity (Wildman–Crippen MR) is 106 cm³/mol. The summed E-state index contributed by atoms with van der Waals surface area (Å²) in [4.78, 5) is 14.0. The van der Waals surface area contributed by atoms with Gasteiger partial charge in [-0.1, -0.05) is 6.07 Å². The SMILES string of the molecule is COCc1ccc2nc(-c3cc(CO)cc4nc(COC)cnc34)sc2c1. The van der Waals surface area contributed by atoms with Crippen molar-refractivity contribution in [1.29, 1.82) is 0 Å². The summed E-state index contributed by atoms with van der Waals surface area (Å²) < 4.78 is 11.5. The summed E-state index contributed by atoms with van der Waals surface area (Å²) in [6, 6.07) is 9.91. The minimum atomic E-state index is -0.0675. The van der Waals surface area contributed by atoms with Crippen molar-refractivity contribution < 1.29 is 14.6 Å². The molecule has 4 aromatic rings. The fourth-order valence-electron chi connectivity index (χ4n) is 3.03. The molecule has 0 saturated heterocycles. The van der Waals surface area contributed by atoms with Crippen LogP contribution < -0.4 is 0 Å². The molecule has 138 valence electrons. The minimum absolute atomic E-state index is 0.0675. The Morgan fingerprint density at radius 2 is 1.81 bits per heavy atom. The molecular weight excluding hydrogens is 362 g/mol. The highest BCUT2D eigenvalue weighted by Crippen LogP contribution is 2.35. The first-order chi connectivity index (χ1) is 13.2. The van der Waals surface area contributed by atoms with Crippen molar-refractivity contribution in [2.24, 2.45) is 0 Å². The molecule has 0 atom stereocenters. The largest absolute Gasteiger partial charge is 0.392 e. The molecule has 0 aliphatic carbocycles. The van der Waals surface area contributed by atoms with E-state index in [0.29, 0.717) is 13.2 Å². The zero-order valence-electron chi connectivity index (χ0n) is 15.1. The van der Waals surface area contributed by atoms with E-state index >= 15 is 0 Å². The monoisotopic (exact) mass is 381 g/mol. The van der Waals surface area contributed by atoms with Gasteiger partial charge in [0.2, 0.25) is 0 Å². The number of thiazole rings is 1. The van der Waals surface area contributed by atoms with Gasteiger partial charge in [-0.05, 0) is 35.4 Å². The predicted octanol–water partition coefficient (Wildman–Crippen LogP) is 3.69. The Morgan fingerprint density at radius 3 is 2.59 bits per heavy atom. The maximum atomic E-state index is 9.67. The van der Waals surface area contributed by atoms with Crippen molar-refractivity contribution in [2.45, 2.75) is 19.8 Å². The number of fused-ring (bicyclic) bond motifs is 2. The zero-order valence-corrected chi connectivity index (χ0v) is 15.9. The van der Waals surface area contributed by atoms with Crippen LogP contribution in [0.25, 0.3) is 31.8 Å². The number of nitrogens with zero attached hydrogens (tertiary/aromatic N) is 3. The second-order valence-electron chi connectivity index (χ2n) is 6.22. The Labute approximate surface area is 160 Å². The number of methoxy groups -OCH3 is 2. The number of aromatic nitrogens is 3. The lowest BCUT2D eigenvalue weighted by Gasteiger charge is -2.07. The summed E-state index contributed by atoms with van der Waals surface area (Å²) in [5, 5.41) is 10.5. The number of aliphatic hydroxyl groups excluding tert-OH is 1. The summed E-state index contributed by atoms with van der Waals surface area (Å²) in [6.07, 6.45) is 1.72. The van der Waals surface area contributed by atoms with Gasteiger partial charge in [0, 0.05) is 19.8 Å². The Hall–Kier alpha value is -2.45. The molecule has 2 heterocycles. The van der Waals surface area contributed by atoms with E-state index in [1.807, 2.05) is 24.3 Å². The molecule has 0 unspecified atom stereocenters. The van der Waals surface area contributed by atoms with E-state index in [-0.39, 0.29) is 6.61 Å². The molecule has 0 saturated carbocycles.